The Balaban J connectivity index is 2.85. The van der Waals surface area contributed by atoms with Crippen molar-refractivity contribution in [3.8, 4) is 0 Å². The first-order valence-corrected chi connectivity index (χ1v) is 6.75. The van der Waals surface area contributed by atoms with Gasteiger partial charge in [-0.2, -0.15) is 0 Å². The summed E-state index contributed by atoms with van der Waals surface area (Å²) in [6, 6.07) is 1.59. The SMILES string of the molecule is C=CC(C)[C@H](C)CS(=O)(=O)c1ncccn1. The number of sulfone groups is 1. The lowest BCUT2D eigenvalue weighted by Crippen LogP contribution is -2.20. The first-order valence-electron chi connectivity index (χ1n) is 5.09. The molecule has 1 aromatic rings. The van der Waals surface area contributed by atoms with E-state index in [1.807, 2.05) is 13.8 Å². The molecular weight excluding hydrogens is 224 g/mol. The van der Waals surface area contributed by atoms with Gasteiger partial charge in [-0.05, 0) is 17.9 Å². The summed E-state index contributed by atoms with van der Waals surface area (Å²) in [6.07, 6.45) is 4.62. The standard InChI is InChI=1S/C11H16N2O2S/c1-4-9(2)10(3)8-16(14,15)11-12-6-5-7-13-11/h4-7,9-10H,1,8H2,2-3H3/t9?,10-/m1/s1. The van der Waals surface area contributed by atoms with Gasteiger partial charge in [0.15, 0.2) is 0 Å². The quantitative estimate of drug-likeness (QED) is 0.580. The maximum Gasteiger partial charge on any atom is 0.247 e. The molecule has 0 N–H and O–H groups in total. The molecule has 1 rings (SSSR count). The highest BCUT2D eigenvalue weighted by Crippen LogP contribution is 2.17. The van der Waals surface area contributed by atoms with Crippen LogP contribution in [0, 0.1) is 11.8 Å². The Morgan fingerprint density at radius 2 is 1.94 bits per heavy atom. The fourth-order valence-electron chi connectivity index (χ4n) is 1.25. The summed E-state index contributed by atoms with van der Waals surface area (Å²) in [5.41, 5.74) is 0. The Bertz CT molecular complexity index is 442. The number of aromatic nitrogens is 2. The maximum atomic E-state index is 11.9. The zero-order chi connectivity index (χ0) is 12.2. The van der Waals surface area contributed by atoms with Gasteiger partial charge < -0.3 is 0 Å². The Kier molecular flexibility index (Phi) is 4.18. The molecule has 0 aliphatic rings. The zero-order valence-electron chi connectivity index (χ0n) is 9.50. The van der Waals surface area contributed by atoms with Gasteiger partial charge in [-0.15, -0.1) is 6.58 Å². The minimum atomic E-state index is -3.38. The summed E-state index contributed by atoms with van der Waals surface area (Å²) in [6.45, 7) is 7.48. The molecule has 2 atom stereocenters. The Hall–Kier alpha value is -1.23. The second-order valence-corrected chi connectivity index (χ2v) is 5.81. The largest absolute Gasteiger partial charge is 0.247 e. The molecule has 0 amide bonds. The van der Waals surface area contributed by atoms with Gasteiger partial charge in [0.1, 0.15) is 0 Å². The third-order valence-electron chi connectivity index (χ3n) is 2.57. The van der Waals surface area contributed by atoms with Crippen LogP contribution in [0.25, 0.3) is 0 Å². The first-order chi connectivity index (χ1) is 7.47. The van der Waals surface area contributed by atoms with E-state index in [1.54, 1.807) is 12.1 Å². The van der Waals surface area contributed by atoms with Crippen molar-refractivity contribution in [2.24, 2.45) is 11.8 Å². The highest BCUT2D eigenvalue weighted by atomic mass is 32.2. The molecule has 0 fully saturated rings. The van der Waals surface area contributed by atoms with Gasteiger partial charge in [-0.1, -0.05) is 19.9 Å². The van der Waals surface area contributed by atoms with Gasteiger partial charge in [-0.3, -0.25) is 0 Å². The van der Waals surface area contributed by atoms with Crippen LogP contribution in [-0.4, -0.2) is 24.1 Å². The molecule has 88 valence electrons. The van der Waals surface area contributed by atoms with E-state index in [2.05, 4.69) is 16.5 Å². The molecule has 0 aliphatic heterocycles. The highest BCUT2D eigenvalue weighted by Gasteiger charge is 2.23. The fourth-order valence-corrected chi connectivity index (χ4v) is 2.84. The Labute approximate surface area is 96.4 Å². The van der Waals surface area contributed by atoms with E-state index >= 15 is 0 Å². The average Bonchev–Trinajstić information content (AvgIpc) is 2.28. The van der Waals surface area contributed by atoms with Gasteiger partial charge in [0.2, 0.25) is 15.0 Å². The summed E-state index contributed by atoms with van der Waals surface area (Å²) in [5, 5.41) is -0.0990. The fraction of sp³-hybridized carbons (Fsp3) is 0.455. The third kappa shape index (κ3) is 3.13. The summed E-state index contributed by atoms with van der Waals surface area (Å²) in [5.74, 6) is 0.203. The highest BCUT2D eigenvalue weighted by molar-refractivity contribution is 7.91. The lowest BCUT2D eigenvalue weighted by Gasteiger charge is -2.15. The Morgan fingerprint density at radius 1 is 1.38 bits per heavy atom. The van der Waals surface area contributed by atoms with Crippen molar-refractivity contribution in [3.05, 3.63) is 31.1 Å². The monoisotopic (exact) mass is 240 g/mol. The van der Waals surface area contributed by atoms with Crippen molar-refractivity contribution in [2.75, 3.05) is 5.75 Å². The lowest BCUT2D eigenvalue weighted by atomic mass is 9.98. The molecule has 16 heavy (non-hydrogen) atoms. The van der Waals surface area contributed by atoms with Gasteiger partial charge >= 0.3 is 0 Å². The van der Waals surface area contributed by atoms with E-state index in [1.165, 1.54) is 12.4 Å². The van der Waals surface area contributed by atoms with Crippen LogP contribution in [0.2, 0.25) is 0 Å². The molecule has 0 saturated carbocycles. The van der Waals surface area contributed by atoms with Crippen molar-refractivity contribution in [1.29, 1.82) is 0 Å². The average molecular weight is 240 g/mol. The van der Waals surface area contributed by atoms with Gasteiger partial charge in [0, 0.05) is 12.4 Å². The van der Waals surface area contributed by atoms with Crippen LogP contribution in [0.3, 0.4) is 0 Å². The predicted molar refractivity (Wildman–Crippen MR) is 62.6 cm³/mol. The molecule has 0 aliphatic carbocycles. The molecular formula is C11H16N2O2S. The van der Waals surface area contributed by atoms with Crippen LogP contribution in [-0.2, 0) is 9.84 Å². The number of hydrogen-bond acceptors (Lipinski definition) is 4. The van der Waals surface area contributed by atoms with Crippen molar-refractivity contribution in [2.45, 2.75) is 19.0 Å². The van der Waals surface area contributed by atoms with E-state index in [0.29, 0.717) is 0 Å². The molecule has 0 aromatic carbocycles. The summed E-state index contributed by atoms with van der Waals surface area (Å²) < 4.78 is 23.8. The maximum absolute atomic E-state index is 11.9. The molecule has 0 saturated heterocycles. The minimum Gasteiger partial charge on any atom is -0.227 e. The minimum absolute atomic E-state index is 0.00584. The molecule has 1 aromatic heterocycles. The van der Waals surface area contributed by atoms with Gasteiger partial charge in [0.25, 0.3) is 0 Å². The van der Waals surface area contributed by atoms with Gasteiger partial charge in [-0.25, -0.2) is 18.4 Å². The summed E-state index contributed by atoms with van der Waals surface area (Å²) in [7, 11) is -3.38. The smallest absolute Gasteiger partial charge is 0.227 e. The number of nitrogens with zero attached hydrogens (tertiary/aromatic N) is 2. The molecule has 0 spiro atoms. The van der Waals surface area contributed by atoms with Crippen LogP contribution < -0.4 is 0 Å². The second kappa shape index (κ2) is 5.21. The van der Waals surface area contributed by atoms with Crippen molar-refractivity contribution in [1.82, 2.24) is 9.97 Å². The van der Waals surface area contributed by atoms with E-state index in [-0.39, 0.29) is 22.7 Å². The van der Waals surface area contributed by atoms with E-state index in [9.17, 15) is 8.42 Å². The predicted octanol–water partition coefficient (Wildman–Crippen LogP) is 1.71. The second-order valence-electron chi connectivity index (χ2n) is 3.88. The molecule has 5 heteroatoms. The normalized spacial score (nSPS) is 15.4. The summed E-state index contributed by atoms with van der Waals surface area (Å²) >= 11 is 0. The van der Waals surface area contributed by atoms with Crippen LogP contribution in [0.4, 0.5) is 0 Å². The van der Waals surface area contributed by atoms with Crippen LogP contribution >= 0.6 is 0 Å². The van der Waals surface area contributed by atoms with Crippen LogP contribution in [0.1, 0.15) is 13.8 Å². The molecule has 1 unspecified atom stereocenters. The summed E-state index contributed by atoms with van der Waals surface area (Å²) in [4.78, 5) is 7.53. The van der Waals surface area contributed by atoms with E-state index in [4.69, 9.17) is 0 Å². The van der Waals surface area contributed by atoms with Gasteiger partial charge in [0.05, 0.1) is 5.75 Å². The van der Waals surface area contributed by atoms with Crippen LogP contribution in [0.5, 0.6) is 0 Å². The lowest BCUT2D eigenvalue weighted by molar-refractivity contribution is 0.492. The number of rotatable bonds is 5. The van der Waals surface area contributed by atoms with Crippen molar-refractivity contribution in [3.63, 3.8) is 0 Å². The topological polar surface area (TPSA) is 59.9 Å². The number of hydrogen-bond donors (Lipinski definition) is 0. The van der Waals surface area contributed by atoms with Crippen molar-refractivity contribution >= 4 is 9.84 Å². The number of allylic oxidation sites excluding steroid dienone is 1. The van der Waals surface area contributed by atoms with E-state index in [0.717, 1.165) is 0 Å². The Morgan fingerprint density at radius 3 is 2.44 bits per heavy atom. The van der Waals surface area contributed by atoms with E-state index < -0.39 is 9.84 Å². The molecule has 4 nitrogen and oxygen atoms in total. The molecule has 1 heterocycles. The molecule has 0 radical (unpaired) electrons. The van der Waals surface area contributed by atoms with Crippen molar-refractivity contribution < 1.29 is 8.42 Å². The molecule has 0 bridgehead atoms. The third-order valence-corrected chi connectivity index (χ3v) is 4.30. The first kappa shape index (κ1) is 12.8. The van der Waals surface area contributed by atoms with Crippen LogP contribution in [0.15, 0.2) is 36.3 Å². The zero-order valence-corrected chi connectivity index (χ0v) is 10.3.